The molecule has 82 valence electrons. The molecule has 1 aromatic rings. The summed E-state index contributed by atoms with van der Waals surface area (Å²) in [5, 5.41) is 10.9. The maximum Gasteiger partial charge on any atom is 0.325 e. The van der Waals surface area contributed by atoms with Crippen molar-refractivity contribution in [3.8, 4) is 0 Å². The number of carbonyl (C=O) groups excluding carboxylic acids is 1. The van der Waals surface area contributed by atoms with Gasteiger partial charge in [-0.1, -0.05) is 0 Å². The summed E-state index contributed by atoms with van der Waals surface area (Å²) in [6.07, 6.45) is 0. The van der Waals surface area contributed by atoms with Gasteiger partial charge in [0.2, 0.25) is 0 Å². The van der Waals surface area contributed by atoms with E-state index in [2.05, 4.69) is 21.2 Å². The van der Waals surface area contributed by atoms with Gasteiger partial charge < -0.3 is 14.8 Å². The van der Waals surface area contributed by atoms with Crippen molar-refractivity contribution in [2.45, 2.75) is 19.9 Å². The van der Waals surface area contributed by atoms with Gasteiger partial charge in [-0.2, -0.15) is 0 Å². The molecule has 0 bridgehead atoms. The highest BCUT2D eigenvalue weighted by Crippen LogP contribution is 2.19. The number of carboxylic acid groups (broad SMARTS) is 1. The Kier molecular flexibility index (Phi) is 3.52. The van der Waals surface area contributed by atoms with Crippen LogP contribution in [-0.4, -0.2) is 23.0 Å². The van der Waals surface area contributed by atoms with Crippen LogP contribution in [0.1, 0.15) is 23.0 Å². The van der Waals surface area contributed by atoms with Crippen LogP contribution in [-0.2, 0) is 4.79 Å². The average molecular weight is 276 g/mol. The Morgan fingerprint density at radius 1 is 1.60 bits per heavy atom. The number of nitrogens with one attached hydrogen (secondary N) is 1. The Morgan fingerprint density at radius 2 is 2.20 bits per heavy atom. The molecule has 0 unspecified atom stereocenters. The van der Waals surface area contributed by atoms with E-state index >= 15 is 0 Å². The van der Waals surface area contributed by atoms with E-state index in [0.717, 1.165) is 0 Å². The monoisotopic (exact) mass is 275 g/mol. The Bertz CT molecular complexity index is 399. The average Bonchev–Trinajstić information content (AvgIpc) is 2.44. The fraction of sp³-hybridized carbons (Fsp3) is 0.333. The van der Waals surface area contributed by atoms with Crippen LogP contribution in [0.5, 0.6) is 0 Å². The van der Waals surface area contributed by atoms with E-state index in [-0.39, 0.29) is 5.76 Å². The van der Waals surface area contributed by atoms with Crippen molar-refractivity contribution < 1.29 is 19.1 Å². The third-order valence-corrected chi connectivity index (χ3v) is 2.20. The van der Waals surface area contributed by atoms with E-state index in [1.165, 1.54) is 6.92 Å². The first-order chi connectivity index (χ1) is 6.91. The van der Waals surface area contributed by atoms with Gasteiger partial charge in [0.15, 0.2) is 10.4 Å². The van der Waals surface area contributed by atoms with Crippen LogP contribution in [0.2, 0.25) is 0 Å². The minimum atomic E-state index is -1.09. The molecule has 1 atom stereocenters. The highest BCUT2D eigenvalue weighted by atomic mass is 79.9. The Balaban J connectivity index is 2.77. The SMILES string of the molecule is Cc1cc(Br)oc1C(=O)N[C@H](C)C(=O)O. The molecule has 1 aromatic heterocycles. The second-order valence-corrected chi connectivity index (χ2v) is 3.88. The van der Waals surface area contributed by atoms with Crippen molar-refractivity contribution in [1.82, 2.24) is 5.32 Å². The quantitative estimate of drug-likeness (QED) is 0.877. The summed E-state index contributed by atoms with van der Waals surface area (Å²) in [6.45, 7) is 3.09. The first kappa shape index (κ1) is 11.8. The molecule has 0 aromatic carbocycles. The standard InChI is InChI=1S/C9H10BrNO4/c1-4-3-6(10)15-7(4)8(12)11-5(2)9(13)14/h3,5H,1-2H3,(H,11,12)(H,13,14)/t5-/m1/s1. The second-order valence-electron chi connectivity index (χ2n) is 3.10. The predicted octanol–water partition coefficient (Wildman–Crippen LogP) is 1.55. The lowest BCUT2D eigenvalue weighted by atomic mass is 10.2. The fourth-order valence-electron chi connectivity index (χ4n) is 0.993. The van der Waals surface area contributed by atoms with E-state index < -0.39 is 17.9 Å². The number of hydrogen-bond acceptors (Lipinski definition) is 3. The molecule has 1 amide bonds. The molecule has 2 N–H and O–H groups in total. The van der Waals surface area contributed by atoms with Gasteiger partial charge in [0, 0.05) is 5.56 Å². The summed E-state index contributed by atoms with van der Waals surface area (Å²) in [5.41, 5.74) is 0.650. The Hall–Kier alpha value is -1.30. The van der Waals surface area contributed by atoms with E-state index in [9.17, 15) is 9.59 Å². The molecule has 6 heteroatoms. The van der Waals surface area contributed by atoms with Crippen LogP contribution in [0.3, 0.4) is 0 Å². The zero-order valence-corrected chi connectivity index (χ0v) is 9.79. The summed E-state index contributed by atoms with van der Waals surface area (Å²) in [7, 11) is 0. The molecule has 0 aliphatic rings. The van der Waals surface area contributed by atoms with E-state index in [1.807, 2.05) is 0 Å². The molecule has 0 saturated heterocycles. The second kappa shape index (κ2) is 4.48. The first-order valence-corrected chi connectivity index (χ1v) is 5.00. The van der Waals surface area contributed by atoms with Crippen molar-refractivity contribution in [1.29, 1.82) is 0 Å². The Labute approximate surface area is 94.6 Å². The third kappa shape index (κ3) is 2.82. The molecular formula is C9H10BrNO4. The molecule has 15 heavy (non-hydrogen) atoms. The lowest BCUT2D eigenvalue weighted by molar-refractivity contribution is -0.138. The van der Waals surface area contributed by atoms with Crippen molar-refractivity contribution >= 4 is 27.8 Å². The number of carboxylic acids is 1. The van der Waals surface area contributed by atoms with Crippen LogP contribution >= 0.6 is 15.9 Å². The highest BCUT2D eigenvalue weighted by Gasteiger charge is 2.19. The minimum Gasteiger partial charge on any atom is -0.480 e. The van der Waals surface area contributed by atoms with Gasteiger partial charge in [0.1, 0.15) is 6.04 Å². The summed E-state index contributed by atoms with van der Waals surface area (Å²) in [5.74, 6) is -1.50. The van der Waals surface area contributed by atoms with Gasteiger partial charge >= 0.3 is 5.97 Å². The number of carbonyl (C=O) groups is 2. The topological polar surface area (TPSA) is 79.5 Å². The molecule has 1 heterocycles. The van der Waals surface area contributed by atoms with E-state index in [0.29, 0.717) is 10.2 Å². The molecule has 1 rings (SSSR count). The summed E-state index contributed by atoms with van der Waals surface area (Å²) in [6, 6.07) is 0.696. The molecule has 0 radical (unpaired) electrons. The van der Waals surface area contributed by atoms with Gasteiger partial charge in [-0.05, 0) is 35.8 Å². The zero-order chi connectivity index (χ0) is 11.6. The fourth-order valence-corrected chi connectivity index (χ4v) is 1.50. The maximum absolute atomic E-state index is 11.5. The molecule has 5 nitrogen and oxygen atoms in total. The summed E-state index contributed by atoms with van der Waals surface area (Å²) < 4.78 is 5.51. The lowest BCUT2D eigenvalue weighted by Gasteiger charge is -2.07. The van der Waals surface area contributed by atoms with Crippen LogP contribution in [0.15, 0.2) is 15.2 Å². The normalized spacial score (nSPS) is 12.2. The van der Waals surface area contributed by atoms with Gasteiger partial charge in [-0.15, -0.1) is 0 Å². The first-order valence-electron chi connectivity index (χ1n) is 4.21. The number of amides is 1. The largest absolute Gasteiger partial charge is 0.480 e. The Morgan fingerprint density at radius 3 is 2.60 bits per heavy atom. The lowest BCUT2D eigenvalue weighted by Crippen LogP contribution is -2.38. The number of halogens is 1. The van der Waals surface area contributed by atoms with Crippen LogP contribution in [0.4, 0.5) is 0 Å². The highest BCUT2D eigenvalue weighted by molar-refractivity contribution is 9.10. The van der Waals surface area contributed by atoms with E-state index in [1.54, 1.807) is 13.0 Å². The number of rotatable bonds is 3. The molecule has 0 saturated carbocycles. The summed E-state index contributed by atoms with van der Waals surface area (Å²) >= 11 is 3.08. The number of aliphatic carboxylic acids is 1. The maximum atomic E-state index is 11.5. The summed E-state index contributed by atoms with van der Waals surface area (Å²) in [4.78, 5) is 22.0. The van der Waals surface area contributed by atoms with Crippen LogP contribution < -0.4 is 5.32 Å². The van der Waals surface area contributed by atoms with Gasteiger partial charge in [-0.25, -0.2) is 0 Å². The minimum absolute atomic E-state index is 0.120. The zero-order valence-electron chi connectivity index (χ0n) is 8.20. The molecule has 0 aliphatic carbocycles. The van der Waals surface area contributed by atoms with Crippen molar-refractivity contribution in [2.75, 3.05) is 0 Å². The van der Waals surface area contributed by atoms with Crippen LogP contribution in [0.25, 0.3) is 0 Å². The molecule has 0 fully saturated rings. The smallest absolute Gasteiger partial charge is 0.325 e. The number of furan rings is 1. The van der Waals surface area contributed by atoms with Gasteiger partial charge in [-0.3, -0.25) is 9.59 Å². The van der Waals surface area contributed by atoms with Crippen LogP contribution in [0, 0.1) is 6.92 Å². The molecule has 0 aliphatic heterocycles. The predicted molar refractivity (Wildman–Crippen MR) is 55.7 cm³/mol. The van der Waals surface area contributed by atoms with E-state index in [4.69, 9.17) is 9.52 Å². The molecular weight excluding hydrogens is 266 g/mol. The van der Waals surface area contributed by atoms with Crippen molar-refractivity contribution in [3.63, 3.8) is 0 Å². The van der Waals surface area contributed by atoms with Crippen molar-refractivity contribution in [2.24, 2.45) is 0 Å². The van der Waals surface area contributed by atoms with Gasteiger partial charge in [0.25, 0.3) is 5.91 Å². The van der Waals surface area contributed by atoms with Crippen molar-refractivity contribution in [3.05, 3.63) is 22.1 Å². The number of aryl methyl sites for hydroxylation is 1. The van der Waals surface area contributed by atoms with Gasteiger partial charge in [0.05, 0.1) is 0 Å². The number of hydrogen-bond donors (Lipinski definition) is 2. The third-order valence-electron chi connectivity index (χ3n) is 1.81. The molecule has 0 spiro atoms.